The summed E-state index contributed by atoms with van der Waals surface area (Å²) in [4.78, 5) is 49.4. The molecule has 0 saturated heterocycles. The van der Waals surface area contributed by atoms with Crippen LogP contribution in [0.15, 0.2) is 102 Å². The predicted octanol–water partition coefficient (Wildman–Crippen LogP) is 5.01. The van der Waals surface area contributed by atoms with Crippen LogP contribution in [-0.2, 0) is 16.0 Å². The first-order valence-electron chi connectivity index (χ1n) is 15.2. The van der Waals surface area contributed by atoms with E-state index in [1.807, 2.05) is 80.6 Å². The van der Waals surface area contributed by atoms with Crippen molar-refractivity contribution in [2.24, 2.45) is 10.9 Å². The molecule has 0 saturated carbocycles. The lowest BCUT2D eigenvalue weighted by atomic mass is 9.96. The van der Waals surface area contributed by atoms with E-state index in [0.29, 0.717) is 34.8 Å². The highest BCUT2D eigenvalue weighted by Gasteiger charge is 2.42. The van der Waals surface area contributed by atoms with Crippen LogP contribution in [0.5, 0.6) is 0 Å². The summed E-state index contributed by atoms with van der Waals surface area (Å²) in [6.45, 7) is 8.23. The van der Waals surface area contributed by atoms with Crippen molar-refractivity contribution in [2.75, 3.05) is 13.1 Å². The number of hydrogen-bond donors (Lipinski definition) is 2. The molecule has 0 spiro atoms. The number of benzene rings is 3. The average Bonchev–Trinajstić information content (AvgIpc) is 3.41. The van der Waals surface area contributed by atoms with Gasteiger partial charge in [-0.15, -0.1) is 11.8 Å². The fourth-order valence-corrected chi connectivity index (χ4v) is 6.76. The van der Waals surface area contributed by atoms with Crippen LogP contribution in [0.2, 0.25) is 0 Å². The number of nitrogens with one attached hydrogen (secondary N) is 1. The molecule has 0 aliphatic carbocycles. The van der Waals surface area contributed by atoms with Crippen molar-refractivity contribution in [3.05, 3.63) is 114 Å². The monoisotopic (exact) mass is 624 g/mol. The van der Waals surface area contributed by atoms with Crippen molar-refractivity contribution in [3.8, 4) is 0 Å². The van der Waals surface area contributed by atoms with Crippen LogP contribution in [0.3, 0.4) is 0 Å². The zero-order valence-electron chi connectivity index (χ0n) is 26.1. The molecule has 0 bridgehead atoms. The zero-order chi connectivity index (χ0) is 32.1. The molecule has 2 N–H and O–H groups in total. The SMILES string of the molecule is CC(C)C1C(=O)N(CC(=O)NC(Cc2ccccc2)C(O)C2=NCC(C)(C)S2)C(c2ccccc2)=CN1C(=O)c1ccccc1. The summed E-state index contributed by atoms with van der Waals surface area (Å²) in [6, 6.07) is 26.3. The summed E-state index contributed by atoms with van der Waals surface area (Å²) in [6.07, 6.45) is 1.06. The number of aliphatic hydroxyl groups excluding tert-OH is 1. The first kappa shape index (κ1) is 32.2. The summed E-state index contributed by atoms with van der Waals surface area (Å²) in [5, 5.41) is 15.1. The number of hydrogen-bond acceptors (Lipinski definition) is 6. The average molecular weight is 625 g/mol. The van der Waals surface area contributed by atoms with Crippen LogP contribution in [0, 0.1) is 5.92 Å². The number of carbonyl (C=O) groups excluding carboxylic acids is 3. The van der Waals surface area contributed by atoms with E-state index in [0.717, 1.165) is 5.56 Å². The van der Waals surface area contributed by atoms with Crippen molar-refractivity contribution in [3.63, 3.8) is 0 Å². The Bertz CT molecular complexity index is 1570. The Morgan fingerprint density at radius 2 is 1.58 bits per heavy atom. The molecule has 0 aromatic heterocycles. The van der Waals surface area contributed by atoms with E-state index < -0.39 is 24.1 Å². The number of amides is 3. The number of carbonyl (C=O) groups is 3. The van der Waals surface area contributed by atoms with Crippen molar-refractivity contribution >= 4 is 40.2 Å². The molecular weight excluding hydrogens is 584 g/mol. The maximum Gasteiger partial charge on any atom is 0.258 e. The van der Waals surface area contributed by atoms with Gasteiger partial charge in [0.05, 0.1) is 23.3 Å². The molecule has 3 aromatic carbocycles. The Hall–Kier alpha value is -4.21. The van der Waals surface area contributed by atoms with E-state index in [-0.39, 0.29) is 29.0 Å². The summed E-state index contributed by atoms with van der Waals surface area (Å²) < 4.78 is -0.137. The first-order valence-corrected chi connectivity index (χ1v) is 16.1. The van der Waals surface area contributed by atoms with Gasteiger partial charge in [-0.2, -0.15) is 0 Å². The van der Waals surface area contributed by atoms with Gasteiger partial charge in [-0.3, -0.25) is 24.3 Å². The predicted molar refractivity (Wildman–Crippen MR) is 179 cm³/mol. The second kappa shape index (κ2) is 13.8. The van der Waals surface area contributed by atoms with Gasteiger partial charge in [-0.1, -0.05) is 92.7 Å². The maximum atomic E-state index is 14.3. The summed E-state index contributed by atoms with van der Waals surface area (Å²) in [5.41, 5.74) is 2.58. The Labute approximate surface area is 269 Å². The minimum atomic E-state index is -1.01. The highest BCUT2D eigenvalue weighted by Crippen LogP contribution is 2.34. The maximum absolute atomic E-state index is 14.3. The minimum absolute atomic E-state index is 0.137. The van der Waals surface area contributed by atoms with E-state index in [9.17, 15) is 19.5 Å². The van der Waals surface area contributed by atoms with E-state index in [2.05, 4.69) is 24.2 Å². The van der Waals surface area contributed by atoms with Gasteiger partial charge in [0, 0.05) is 16.5 Å². The van der Waals surface area contributed by atoms with E-state index in [4.69, 9.17) is 0 Å². The molecule has 9 heteroatoms. The Balaban J connectivity index is 1.45. The lowest BCUT2D eigenvalue weighted by molar-refractivity contribution is -0.138. The highest BCUT2D eigenvalue weighted by molar-refractivity contribution is 8.15. The summed E-state index contributed by atoms with van der Waals surface area (Å²) in [5.74, 6) is -1.27. The normalized spacial score (nSPS) is 19.2. The molecule has 45 heavy (non-hydrogen) atoms. The van der Waals surface area contributed by atoms with Gasteiger partial charge in [0.2, 0.25) is 5.91 Å². The molecule has 3 unspecified atom stereocenters. The van der Waals surface area contributed by atoms with Crippen molar-refractivity contribution < 1.29 is 19.5 Å². The van der Waals surface area contributed by atoms with Crippen molar-refractivity contribution in [1.29, 1.82) is 0 Å². The standard InChI is InChI=1S/C36H40N4O4S/c1-24(2)31-35(44)39(29(26-16-10-6-11-17-26)21-40(31)34(43)27-18-12-7-13-19-27)22-30(41)38-28(20-25-14-8-5-9-15-25)32(42)33-37-23-36(3,4)45-33/h5-19,21,24,28,31-32,42H,20,22-23H2,1-4H3,(H,38,41). The molecule has 3 amide bonds. The van der Waals surface area contributed by atoms with Crippen LogP contribution in [-0.4, -0.2) is 73.7 Å². The van der Waals surface area contributed by atoms with Gasteiger partial charge >= 0.3 is 0 Å². The lowest BCUT2D eigenvalue weighted by Crippen LogP contribution is -2.57. The van der Waals surface area contributed by atoms with E-state index >= 15 is 0 Å². The molecule has 2 heterocycles. The van der Waals surface area contributed by atoms with Gasteiger partial charge in [0.1, 0.15) is 18.7 Å². The van der Waals surface area contributed by atoms with Crippen LogP contribution < -0.4 is 5.32 Å². The summed E-state index contributed by atoms with van der Waals surface area (Å²) in [7, 11) is 0. The van der Waals surface area contributed by atoms with Gasteiger partial charge in [0.25, 0.3) is 11.8 Å². The molecule has 8 nitrogen and oxygen atoms in total. The van der Waals surface area contributed by atoms with Crippen molar-refractivity contribution in [1.82, 2.24) is 15.1 Å². The van der Waals surface area contributed by atoms with Gasteiger partial charge in [0.15, 0.2) is 0 Å². The van der Waals surface area contributed by atoms with Crippen LogP contribution in [0.4, 0.5) is 0 Å². The summed E-state index contributed by atoms with van der Waals surface area (Å²) >= 11 is 1.52. The fraction of sp³-hybridized carbons (Fsp3) is 0.333. The number of aliphatic hydroxyl groups is 1. The first-order chi connectivity index (χ1) is 21.5. The smallest absolute Gasteiger partial charge is 0.258 e. The second-order valence-electron chi connectivity index (χ2n) is 12.4. The van der Waals surface area contributed by atoms with Gasteiger partial charge in [-0.25, -0.2) is 0 Å². The third-order valence-electron chi connectivity index (χ3n) is 7.90. The number of rotatable bonds is 10. The van der Waals surface area contributed by atoms with Crippen molar-refractivity contribution in [2.45, 2.75) is 57.1 Å². The Morgan fingerprint density at radius 1 is 0.978 bits per heavy atom. The van der Waals surface area contributed by atoms with Crippen LogP contribution in [0.25, 0.3) is 5.70 Å². The molecule has 0 fully saturated rings. The van der Waals surface area contributed by atoms with E-state index in [1.165, 1.54) is 21.6 Å². The molecule has 3 atom stereocenters. The number of aliphatic imine (C=N–C) groups is 1. The minimum Gasteiger partial charge on any atom is -0.384 e. The number of nitrogens with zero attached hydrogens (tertiary/aromatic N) is 3. The molecule has 5 rings (SSSR count). The quantitative estimate of drug-likeness (QED) is 0.331. The van der Waals surface area contributed by atoms with Crippen LogP contribution in [0.1, 0.15) is 49.2 Å². The molecule has 0 radical (unpaired) electrons. The third kappa shape index (κ3) is 7.54. The molecule has 2 aliphatic rings. The second-order valence-corrected chi connectivity index (χ2v) is 14.1. The van der Waals surface area contributed by atoms with Gasteiger partial charge in [-0.05, 0) is 49.4 Å². The molecule has 234 valence electrons. The number of thioether (sulfide) groups is 1. The third-order valence-corrected chi connectivity index (χ3v) is 9.17. The Morgan fingerprint density at radius 3 is 2.16 bits per heavy atom. The Kier molecular flexibility index (Phi) is 9.90. The molecular formula is C36H40N4O4S. The molecule has 2 aliphatic heterocycles. The van der Waals surface area contributed by atoms with E-state index in [1.54, 1.807) is 30.5 Å². The lowest BCUT2D eigenvalue weighted by Gasteiger charge is -2.41. The van der Waals surface area contributed by atoms with Gasteiger partial charge < -0.3 is 15.3 Å². The highest BCUT2D eigenvalue weighted by atomic mass is 32.2. The zero-order valence-corrected chi connectivity index (χ0v) is 26.9. The topological polar surface area (TPSA) is 102 Å². The molecule has 3 aromatic rings. The fourth-order valence-electron chi connectivity index (χ4n) is 5.65. The largest absolute Gasteiger partial charge is 0.384 e. The van der Waals surface area contributed by atoms with Crippen LogP contribution >= 0.6 is 11.8 Å².